The van der Waals surface area contributed by atoms with Crippen LogP contribution < -0.4 is 15.4 Å². The molecule has 1 fully saturated rings. The van der Waals surface area contributed by atoms with E-state index in [0.717, 1.165) is 23.8 Å². The van der Waals surface area contributed by atoms with E-state index >= 15 is 0 Å². The van der Waals surface area contributed by atoms with E-state index in [1.54, 1.807) is 0 Å². The fourth-order valence-corrected chi connectivity index (χ4v) is 5.06. The van der Waals surface area contributed by atoms with Gasteiger partial charge in [0.2, 0.25) is 5.91 Å². The van der Waals surface area contributed by atoms with E-state index in [1.807, 2.05) is 6.07 Å². The Bertz CT molecular complexity index is 1080. The van der Waals surface area contributed by atoms with Gasteiger partial charge in [-0.1, -0.05) is 32.9 Å². The average Bonchev–Trinajstić information content (AvgIpc) is 2.73. The third kappa shape index (κ3) is 6.60. The lowest BCUT2D eigenvalue weighted by Crippen LogP contribution is -2.58. The zero-order chi connectivity index (χ0) is 26.1. The molecule has 1 saturated heterocycles. The number of carbonyl (C=O) groups is 1. The predicted octanol–water partition coefficient (Wildman–Crippen LogP) is 3.84. The minimum absolute atomic E-state index is 0.0863. The number of benzene rings is 2. The summed E-state index contributed by atoms with van der Waals surface area (Å²) in [6.45, 7) is 9.14. The van der Waals surface area contributed by atoms with Crippen molar-refractivity contribution >= 4 is 5.91 Å². The van der Waals surface area contributed by atoms with Crippen molar-refractivity contribution in [3.63, 3.8) is 0 Å². The smallest absolute Gasteiger partial charge is 0.217 e. The molecule has 0 radical (unpaired) electrons. The minimum atomic E-state index is -0.988. The van der Waals surface area contributed by atoms with Gasteiger partial charge in [-0.2, -0.15) is 0 Å². The Labute approximate surface area is 211 Å². The highest BCUT2D eigenvalue weighted by Crippen LogP contribution is 2.43. The lowest BCUT2D eigenvalue weighted by Gasteiger charge is -2.47. The largest absolute Gasteiger partial charge is 0.482 e. The summed E-state index contributed by atoms with van der Waals surface area (Å²) in [5.74, 6) is -0.915. The topological polar surface area (TPSA) is 79.8 Å². The first-order valence-corrected chi connectivity index (χ1v) is 12.4. The van der Waals surface area contributed by atoms with Crippen LogP contribution in [-0.2, 0) is 22.4 Å². The van der Waals surface area contributed by atoms with Gasteiger partial charge in [-0.25, -0.2) is 8.78 Å². The molecule has 0 aromatic heterocycles. The summed E-state index contributed by atoms with van der Waals surface area (Å²) in [4.78, 5) is 11.8. The molecule has 0 saturated carbocycles. The summed E-state index contributed by atoms with van der Waals surface area (Å²) in [5, 5.41) is 17.2. The molecule has 6 nitrogen and oxygen atoms in total. The number of ether oxygens (including phenoxy) is 2. The molecule has 1 spiro atoms. The molecule has 3 N–H and O–H groups in total. The van der Waals surface area contributed by atoms with Crippen molar-refractivity contribution in [2.45, 2.75) is 70.7 Å². The van der Waals surface area contributed by atoms with Gasteiger partial charge < -0.3 is 25.2 Å². The van der Waals surface area contributed by atoms with Crippen LogP contribution in [-0.4, -0.2) is 48.5 Å². The molecular formula is C28H36F2N2O4. The van der Waals surface area contributed by atoms with E-state index in [-0.39, 0.29) is 30.3 Å². The van der Waals surface area contributed by atoms with Gasteiger partial charge in [-0.3, -0.25) is 4.79 Å². The summed E-state index contributed by atoms with van der Waals surface area (Å²) in [7, 11) is 0. The molecular weight excluding hydrogens is 466 g/mol. The standard InChI is InChI=1S/C28H36F2N2O4/c1-17(33)32-23(10-19-7-20(29)11-21(30)8-19)25(34)14-31-24-13-28(15-35-16-28)36-26-6-5-18(9-22(24)26)12-27(2,3)4/h5-9,11,23-25,31,34H,10,12-16H2,1-4H3,(H,32,33)/t23-,24-,25+/m0/s1. The van der Waals surface area contributed by atoms with Crippen molar-refractivity contribution in [2.24, 2.45) is 5.41 Å². The first kappa shape index (κ1) is 26.5. The second kappa shape index (κ2) is 10.4. The molecule has 2 aromatic rings. The predicted molar refractivity (Wildman–Crippen MR) is 133 cm³/mol. The van der Waals surface area contributed by atoms with Crippen LogP contribution in [0.1, 0.15) is 56.8 Å². The lowest BCUT2D eigenvalue weighted by atomic mass is 9.83. The fourth-order valence-electron chi connectivity index (χ4n) is 5.06. The van der Waals surface area contributed by atoms with Crippen LogP contribution in [0.3, 0.4) is 0 Å². The Kier molecular flexibility index (Phi) is 7.69. The molecule has 36 heavy (non-hydrogen) atoms. The monoisotopic (exact) mass is 502 g/mol. The summed E-state index contributed by atoms with van der Waals surface area (Å²) in [6.07, 6.45) is 0.706. The lowest BCUT2D eigenvalue weighted by molar-refractivity contribution is -0.175. The molecule has 2 aliphatic heterocycles. The van der Waals surface area contributed by atoms with Crippen LogP contribution in [0.5, 0.6) is 5.75 Å². The van der Waals surface area contributed by atoms with Crippen molar-refractivity contribution in [1.29, 1.82) is 0 Å². The highest BCUT2D eigenvalue weighted by molar-refractivity contribution is 5.73. The molecule has 2 aromatic carbocycles. The number of aliphatic hydroxyl groups is 1. The fraction of sp³-hybridized carbons (Fsp3) is 0.536. The molecule has 2 heterocycles. The number of aliphatic hydroxyl groups excluding tert-OH is 1. The summed E-state index contributed by atoms with van der Waals surface area (Å²) < 4.78 is 39.2. The Morgan fingerprint density at radius 3 is 2.42 bits per heavy atom. The summed E-state index contributed by atoms with van der Waals surface area (Å²) >= 11 is 0. The van der Waals surface area contributed by atoms with E-state index in [1.165, 1.54) is 24.6 Å². The first-order valence-electron chi connectivity index (χ1n) is 12.4. The summed E-state index contributed by atoms with van der Waals surface area (Å²) in [6, 6.07) is 8.69. The third-order valence-corrected chi connectivity index (χ3v) is 6.62. The molecule has 3 atom stereocenters. The molecule has 0 bridgehead atoms. The van der Waals surface area contributed by atoms with Crippen molar-refractivity contribution in [3.8, 4) is 5.75 Å². The van der Waals surface area contributed by atoms with Crippen LogP contribution in [0.2, 0.25) is 0 Å². The second-order valence-corrected chi connectivity index (χ2v) is 11.4. The number of hydrogen-bond acceptors (Lipinski definition) is 5. The highest BCUT2D eigenvalue weighted by Gasteiger charge is 2.47. The Morgan fingerprint density at radius 1 is 1.14 bits per heavy atom. The highest BCUT2D eigenvalue weighted by atomic mass is 19.1. The van der Waals surface area contributed by atoms with Gasteiger partial charge in [0.25, 0.3) is 0 Å². The van der Waals surface area contributed by atoms with Crippen molar-refractivity contribution < 1.29 is 28.2 Å². The number of amides is 1. The van der Waals surface area contributed by atoms with Crippen LogP contribution in [0.15, 0.2) is 36.4 Å². The molecule has 8 heteroatoms. The SMILES string of the molecule is CC(=O)N[C@@H](Cc1cc(F)cc(F)c1)[C@H](O)CN[C@H]1CC2(COC2)Oc2ccc(CC(C)(C)C)cc21. The van der Waals surface area contributed by atoms with Crippen molar-refractivity contribution in [3.05, 3.63) is 64.7 Å². The van der Waals surface area contributed by atoms with Crippen LogP contribution in [0.25, 0.3) is 0 Å². The number of carbonyl (C=O) groups excluding carboxylic acids is 1. The number of rotatable bonds is 8. The van der Waals surface area contributed by atoms with Gasteiger partial charge >= 0.3 is 0 Å². The molecule has 4 rings (SSSR count). The maximum absolute atomic E-state index is 13.7. The Morgan fingerprint density at radius 2 is 1.83 bits per heavy atom. The number of nitrogens with one attached hydrogen (secondary N) is 2. The van der Waals surface area contributed by atoms with Gasteiger partial charge in [-0.15, -0.1) is 0 Å². The molecule has 196 valence electrons. The molecule has 1 amide bonds. The molecule has 2 aliphatic rings. The molecule has 0 aliphatic carbocycles. The maximum Gasteiger partial charge on any atom is 0.217 e. The molecule has 0 unspecified atom stereocenters. The van der Waals surface area contributed by atoms with E-state index < -0.39 is 29.4 Å². The Hall–Kier alpha value is -2.55. The van der Waals surface area contributed by atoms with Gasteiger partial charge in [0.15, 0.2) is 5.60 Å². The van der Waals surface area contributed by atoms with E-state index in [2.05, 4.69) is 43.5 Å². The maximum atomic E-state index is 13.7. The number of hydrogen-bond donors (Lipinski definition) is 3. The second-order valence-electron chi connectivity index (χ2n) is 11.4. The van der Waals surface area contributed by atoms with E-state index in [9.17, 15) is 18.7 Å². The zero-order valence-corrected chi connectivity index (χ0v) is 21.4. The first-order chi connectivity index (χ1) is 16.9. The normalized spacial score (nSPS) is 20.1. The van der Waals surface area contributed by atoms with E-state index in [0.29, 0.717) is 25.2 Å². The quantitative estimate of drug-likeness (QED) is 0.511. The zero-order valence-electron chi connectivity index (χ0n) is 21.4. The summed E-state index contributed by atoms with van der Waals surface area (Å²) in [5.41, 5.74) is 2.34. The number of fused-ring (bicyclic) bond motifs is 1. The number of halogens is 2. The average molecular weight is 503 g/mol. The third-order valence-electron chi connectivity index (χ3n) is 6.62. The van der Waals surface area contributed by atoms with Gasteiger partial charge in [0, 0.05) is 37.6 Å². The van der Waals surface area contributed by atoms with Crippen LogP contribution in [0.4, 0.5) is 8.78 Å². The Balaban J connectivity index is 1.51. The van der Waals surface area contributed by atoms with Gasteiger partial charge in [0.05, 0.1) is 25.4 Å². The van der Waals surface area contributed by atoms with Crippen LogP contribution in [0, 0.1) is 17.0 Å². The van der Waals surface area contributed by atoms with Gasteiger partial charge in [-0.05, 0) is 47.6 Å². The van der Waals surface area contributed by atoms with E-state index in [4.69, 9.17) is 9.47 Å². The minimum Gasteiger partial charge on any atom is -0.482 e. The van der Waals surface area contributed by atoms with Crippen molar-refractivity contribution in [1.82, 2.24) is 10.6 Å². The van der Waals surface area contributed by atoms with Crippen LogP contribution >= 0.6 is 0 Å². The van der Waals surface area contributed by atoms with Crippen molar-refractivity contribution in [2.75, 3.05) is 19.8 Å². The van der Waals surface area contributed by atoms with Gasteiger partial charge in [0.1, 0.15) is 17.4 Å².